The molecule has 0 saturated carbocycles. The lowest BCUT2D eigenvalue weighted by Gasteiger charge is -2.35. The summed E-state index contributed by atoms with van der Waals surface area (Å²) >= 11 is 0. The van der Waals surface area contributed by atoms with Crippen LogP contribution in [0.3, 0.4) is 0 Å². The van der Waals surface area contributed by atoms with Crippen LogP contribution in [0, 0.1) is 20.8 Å². The summed E-state index contributed by atoms with van der Waals surface area (Å²) < 4.78 is 45.7. The molecule has 30 heavy (non-hydrogen) atoms. The van der Waals surface area contributed by atoms with E-state index in [9.17, 15) is 8.42 Å². The quantitative estimate of drug-likeness (QED) is 0.756. The molecule has 2 aliphatic heterocycles. The summed E-state index contributed by atoms with van der Waals surface area (Å²) in [5.74, 6) is 1.41. The number of benzene rings is 2. The van der Waals surface area contributed by atoms with E-state index >= 15 is 0 Å². The number of sulfonamides is 1. The Bertz CT molecular complexity index is 1010. The van der Waals surface area contributed by atoms with E-state index in [1.165, 1.54) is 0 Å². The molecule has 1 fully saturated rings. The molecule has 1 N–H and O–H groups in total. The van der Waals surface area contributed by atoms with E-state index in [4.69, 9.17) is 14.2 Å². The molecule has 0 aliphatic carbocycles. The summed E-state index contributed by atoms with van der Waals surface area (Å²) in [6.07, 6.45) is 0. The van der Waals surface area contributed by atoms with Crippen molar-refractivity contribution in [2.45, 2.75) is 31.7 Å². The van der Waals surface area contributed by atoms with E-state index in [1.54, 1.807) is 0 Å². The second-order valence-electron chi connectivity index (χ2n) is 7.86. The highest BCUT2D eigenvalue weighted by atomic mass is 32.2. The monoisotopic (exact) mass is 432 g/mol. The zero-order chi connectivity index (χ0) is 21.3. The van der Waals surface area contributed by atoms with Gasteiger partial charge < -0.3 is 14.2 Å². The van der Waals surface area contributed by atoms with Gasteiger partial charge in [-0.05, 0) is 49.6 Å². The van der Waals surface area contributed by atoms with Gasteiger partial charge in [0, 0.05) is 25.7 Å². The Morgan fingerprint density at radius 1 is 1.00 bits per heavy atom. The predicted octanol–water partition coefficient (Wildman–Crippen LogP) is 2.69. The molecule has 8 heteroatoms. The third-order valence-electron chi connectivity index (χ3n) is 5.61. The Morgan fingerprint density at radius 3 is 2.37 bits per heavy atom. The van der Waals surface area contributed by atoms with Crippen LogP contribution in [0.25, 0.3) is 0 Å². The van der Waals surface area contributed by atoms with Crippen LogP contribution in [0.15, 0.2) is 35.2 Å². The summed E-state index contributed by atoms with van der Waals surface area (Å²) in [5, 5.41) is 0. The van der Waals surface area contributed by atoms with Crippen LogP contribution in [0.5, 0.6) is 11.5 Å². The Morgan fingerprint density at radius 2 is 1.67 bits per heavy atom. The van der Waals surface area contributed by atoms with Crippen molar-refractivity contribution < 1.29 is 22.6 Å². The maximum atomic E-state index is 13.2. The lowest BCUT2D eigenvalue weighted by Crippen LogP contribution is -2.43. The molecule has 2 aliphatic rings. The van der Waals surface area contributed by atoms with Crippen LogP contribution in [0.2, 0.25) is 0 Å². The number of nitrogens with one attached hydrogen (secondary N) is 1. The van der Waals surface area contributed by atoms with Crippen molar-refractivity contribution in [2.24, 2.45) is 0 Å². The van der Waals surface area contributed by atoms with E-state index < -0.39 is 10.0 Å². The minimum Gasteiger partial charge on any atom is -0.454 e. The van der Waals surface area contributed by atoms with E-state index in [0.29, 0.717) is 29.6 Å². The average molecular weight is 433 g/mol. The first kappa shape index (κ1) is 21.1. The standard InChI is InChI=1S/C22H28N2O5S/c1-15-10-16(2)22(17(3)11-15)30(25,26)23-13-19(24-6-8-27-9-7-24)18-4-5-20-21(12-18)29-14-28-20/h4-5,10-12,19,23H,6-9,13-14H2,1-3H3/t19-/m1/s1. The van der Waals surface area contributed by atoms with E-state index in [-0.39, 0.29) is 19.4 Å². The first-order valence-electron chi connectivity index (χ1n) is 10.1. The second-order valence-corrected chi connectivity index (χ2v) is 9.56. The average Bonchev–Trinajstić information content (AvgIpc) is 3.16. The van der Waals surface area contributed by atoms with E-state index in [1.807, 2.05) is 51.1 Å². The maximum absolute atomic E-state index is 13.2. The van der Waals surface area contributed by atoms with Crippen molar-refractivity contribution in [2.75, 3.05) is 39.6 Å². The molecule has 0 radical (unpaired) electrons. The number of rotatable bonds is 6. The van der Waals surface area contributed by atoms with Gasteiger partial charge in [0.15, 0.2) is 11.5 Å². The smallest absolute Gasteiger partial charge is 0.241 e. The zero-order valence-electron chi connectivity index (χ0n) is 17.6. The fourth-order valence-electron chi connectivity index (χ4n) is 4.32. The summed E-state index contributed by atoms with van der Waals surface area (Å²) in [6, 6.07) is 9.47. The SMILES string of the molecule is Cc1cc(C)c(S(=O)(=O)NC[C@H](c2ccc3c(c2)OCO3)N2CCOCC2)c(C)c1. The number of aryl methyl sites for hydroxylation is 3. The van der Waals surface area contributed by atoms with Crippen molar-refractivity contribution in [1.82, 2.24) is 9.62 Å². The highest BCUT2D eigenvalue weighted by molar-refractivity contribution is 7.89. The van der Waals surface area contributed by atoms with Crippen molar-refractivity contribution in [3.63, 3.8) is 0 Å². The lowest BCUT2D eigenvalue weighted by molar-refractivity contribution is 0.0171. The first-order chi connectivity index (χ1) is 14.3. The molecule has 7 nitrogen and oxygen atoms in total. The Balaban J connectivity index is 1.61. The first-order valence-corrected chi connectivity index (χ1v) is 11.6. The van der Waals surface area contributed by atoms with Crippen molar-refractivity contribution in [3.05, 3.63) is 52.6 Å². The molecule has 0 bridgehead atoms. The van der Waals surface area contributed by atoms with Crippen LogP contribution in [0.4, 0.5) is 0 Å². The Labute approximate surface area is 178 Å². The van der Waals surface area contributed by atoms with Gasteiger partial charge in [-0.15, -0.1) is 0 Å². The molecule has 2 aromatic carbocycles. The van der Waals surface area contributed by atoms with Gasteiger partial charge in [0.25, 0.3) is 0 Å². The molecular formula is C22H28N2O5S. The number of fused-ring (bicyclic) bond motifs is 1. The Kier molecular flexibility index (Phi) is 6.02. The molecular weight excluding hydrogens is 404 g/mol. The molecule has 0 amide bonds. The summed E-state index contributed by atoms with van der Waals surface area (Å²) in [4.78, 5) is 2.61. The minimum atomic E-state index is -3.66. The van der Waals surface area contributed by atoms with Gasteiger partial charge in [-0.3, -0.25) is 4.90 Å². The number of ether oxygens (including phenoxy) is 3. The highest BCUT2D eigenvalue weighted by Crippen LogP contribution is 2.35. The topological polar surface area (TPSA) is 77.1 Å². The third kappa shape index (κ3) is 4.32. The fraction of sp³-hybridized carbons (Fsp3) is 0.455. The lowest BCUT2D eigenvalue weighted by atomic mass is 10.0. The summed E-state index contributed by atoms with van der Waals surface area (Å²) in [5.41, 5.74) is 3.55. The van der Waals surface area contributed by atoms with Crippen LogP contribution in [-0.2, 0) is 14.8 Å². The van der Waals surface area contributed by atoms with Crippen molar-refractivity contribution in [3.8, 4) is 11.5 Å². The van der Waals surface area contributed by atoms with Crippen molar-refractivity contribution in [1.29, 1.82) is 0 Å². The van der Waals surface area contributed by atoms with Gasteiger partial charge in [0.1, 0.15) is 0 Å². The number of hydrogen-bond acceptors (Lipinski definition) is 6. The molecule has 2 heterocycles. The molecule has 1 atom stereocenters. The zero-order valence-corrected chi connectivity index (χ0v) is 18.4. The number of hydrogen-bond donors (Lipinski definition) is 1. The van der Waals surface area contributed by atoms with Gasteiger partial charge in [-0.25, -0.2) is 13.1 Å². The second kappa shape index (κ2) is 8.55. The third-order valence-corrected chi connectivity index (χ3v) is 7.34. The Hall–Kier alpha value is -2.13. The molecule has 162 valence electrons. The minimum absolute atomic E-state index is 0.135. The van der Waals surface area contributed by atoms with Gasteiger partial charge >= 0.3 is 0 Å². The van der Waals surface area contributed by atoms with Gasteiger partial charge in [-0.2, -0.15) is 0 Å². The van der Waals surface area contributed by atoms with E-state index in [0.717, 1.165) is 35.3 Å². The highest BCUT2D eigenvalue weighted by Gasteiger charge is 2.28. The van der Waals surface area contributed by atoms with Gasteiger partial charge in [0.05, 0.1) is 18.1 Å². The molecule has 2 aromatic rings. The van der Waals surface area contributed by atoms with E-state index in [2.05, 4.69) is 9.62 Å². The van der Waals surface area contributed by atoms with Crippen LogP contribution in [-0.4, -0.2) is 53.0 Å². The summed E-state index contributed by atoms with van der Waals surface area (Å²) in [7, 11) is -3.66. The molecule has 0 aromatic heterocycles. The normalized spacial score (nSPS) is 17.8. The maximum Gasteiger partial charge on any atom is 0.241 e. The predicted molar refractivity (Wildman–Crippen MR) is 114 cm³/mol. The molecule has 0 unspecified atom stereocenters. The van der Waals surface area contributed by atoms with Crippen molar-refractivity contribution >= 4 is 10.0 Å². The van der Waals surface area contributed by atoms with Crippen LogP contribution < -0.4 is 14.2 Å². The molecule has 4 rings (SSSR count). The van der Waals surface area contributed by atoms with Crippen LogP contribution in [0.1, 0.15) is 28.3 Å². The number of nitrogens with zero attached hydrogens (tertiary/aromatic N) is 1. The van der Waals surface area contributed by atoms with Crippen LogP contribution >= 0.6 is 0 Å². The van der Waals surface area contributed by atoms with Gasteiger partial charge in [0.2, 0.25) is 16.8 Å². The van der Waals surface area contributed by atoms with Gasteiger partial charge in [-0.1, -0.05) is 23.8 Å². The summed E-state index contributed by atoms with van der Waals surface area (Å²) in [6.45, 7) is 8.85. The molecule has 0 spiro atoms. The molecule has 1 saturated heterocycles. The fourth-order valence-corrected chi connectivity index (χ4v) is 5.81. The number of morpholine rings is 1. The largest absolute Gasteiger partial charge is 0.454 e.